The maximum Gasteiger partial charge on any atom is 1.00 e. The molecule has 0 aromatic rings. The number of Topliss-reactive ketones (excluding diaryl/α,β-unsaturated/α-hetero) is 1. The van der Waals surface area contributed by atoms with Crippen LogP contribution in [0.15, 0.2) is 0 Å². The molecule has 0 aromatic heterocycles. The van der Waals surface area contributed by atoms with E-state index in [0.717, 1.165) is 64.2 Å². The van der Waals surface area contributed by atoms with Crippen molar-refractivity contribution in [2.24, 2.45) is 105 Å². The number of hydrogen-bond acceptors (Lipinski definition) is 6. The third-order valence-corrected chi connectivity index (χ3v) is 20.9. The van der Waals surface area contributed by atoms with Crippen molar-refractivity contribution in [3.05, 3.63) is 0 Å². The first-order valence-electron chi connectivity index (χ1n) is 28.4. The number of carboxylic acids is 2. The molecule has 8 rings (SSSR count). The van der Waals surface area contributed by atoms with Gasteiger partial charge in [0.2, 0.25) is 0 Å². The van der Waals surface area contributed by atoms with Crippen molar-refractivity contribution >= 4 is 26.1 Å². The molecule has 8 saturated carbocycles. The average Bonchev–Trinajstić information content (AvgIpc) is 3.79. The van der Waals surface area contributed by atoms with Crippen molar-refractivity contribution in [2.75, 3.05) is 0 Å². The number of aliphatic hydroxyl groups is 3. The van der Waals surface area contributed by atoms with Gasteiger partial charge >= 0.3 is 41.5 Å². The second-order valence-corrected chi connectivity index (χ2v) is 23.2. The summed E-state index contributed by atoms with van der Waals surface area (Å²) in [5.74, 6) is -1.61. The summed E-state index contributed by atoms with van der Waals surface area (Å²) in [6, 6.07) is 0. The molecule has 0 saturated heterocycles. The van der Waals surface area contributed by atoms with E-state index in [1.807, 2.05) is 0 Å². The Hall–Kier alpha value is -0.445. The second-order valence-electron chi connectivity index (χ2n) is 23.2. The monoisotopic (exact) mass is 914 g/mol. The summed E-state index contributed by atoms with van der Waals surface area (Å²) in [5, 5.41) is 51.2. The summed E-state index contributed by atoms with van der Waals surface area (Å²) in [6.07, 6.45) is 8.62. The molecule has 0 aliphatic heterocycles. The average molecular weight is 914 g/mol. The number of hydrogen-bond donors (Lipinski definition) is 5. The minimum atomic E-state index is -2.53. The van der Waals surface area contributed by atoms with E-state index in [1.54, 1.807) is 0 Å². The molecule has 0 amide bonds. The Kier molecular flexibility index (Phi) is 15.9. The van der Waals surface area contributed by atoms with E-state index in [0.29, 0.717) is 56.3 Å². The molecule has 363 valence electrons. The van der Waals surface area contributed by atoms with Gasteiger partial charge < -0.3 is 27.0 Å². The van der Waals surface area contributed by atoms with Gasteiger partial charge in [0.25, 0.3) is 0 Å². The Balaban J connectivity index is 0.000000468. The van der Waals surface area contributed by atoms with E-state index in [1.165, 1.54) is 0 Å². The van der Waals surface area contributed by atoms with Crippen LogP contribution in [0.3, 0.4) is 0 Å². The Morgan fingerprint density at radius 2 is 1.08 bits per heavy atom. The van der Waals surface area contributed by atoms with Crippen LogP contribution < -0.4 is 29.6 Å². The van der Waals surface area contributed by atoms with Crippen LogP contribution in [-0.2, 0) is 14.4 Å². The van der Waals surface area contributed by atoms with E-state index in [-0.39, 0.29) is 148 Å². The third-order valence-electron chi connectivity index (χ3n) is 20.9. The molecule has 8 fully saturated rings. The van der Waals surface area contributed by atoms with Gasteiger partial charge in [0.15, 0.2) is 0 Å². The van der Waals surface area contributed by atoms with Crippen molar-refractivity contribution in [2.45, 2.75) is 217 Å². The first-order valence-corrected chi connectivity index (χ1v) is 24.3. The fourth-order valence-electron chi connectivity index (χ4n) is 17.9. The summed E-state index contributed by atoms with van der Waals surface area (Å²) in [5.41, 5.74) is -0.471. The van der Waals surface area contributed by atoms with Gasteiger partial charge in [-0.05, 0) is 202 Å². The Morgan fingerprint density at radius 3 is 1.59 bits per heavy atom. The molecule has 8 unspecified atom stereocenters. The van der Waals surface area contributed by atoms with Crippen LogP contribution in [0, 0.1) is 105 Å². The number of rotatable bonds is 10. The van der Waals surface area contributed by atoms with Crippen molar-refractivity contribution in [1.29, 1.82) is 0 Å². The zero-order valence-electron chi connectivity index (χ0n) is 48.2. The summed E-state index contributed by atoms with van der Waals surface area (Å²) >= 11 is 0. The predicted molar refractivity (Wildman–Crippen MR) is 255 cm³/mol. The first kappa shape index (κ1) is 46.0. The number of carbonyl (C=O) groups is 3. The Bertz CT molecular complexity index is 1870. The molecule has 3 radical (unpaired) electrons. The number of carbonyl (C=O) groups excluding carboxylic acids is 1. The molecule has 64 heavy (non-hydrogen) atoms. The summed E-state index contributed by atoms with van der Waals surface area (Å²) in [7, 11) is 0. The van der Waals surface area contributed by atoms with Crippen molar-refractivity contribution in [3.63, 3.8) is 0 Å². The zero-order chi connectivity index (χ0) is 50.4. The van der Waals surface area contributed by atoms with Gasteiger partial charge in [0, 0.05) is 44.1 Å². The van der Waals surface area contributed by atoms with Crippen LogP contribution in [0.2, 0.25) is 0 Å². The summed E-state index contributed by atoms with van der Waals surface area (Å²) in [6.45, 7) is 8.38. The maximum absolute atomic E-state index is 14.2. The van der Waals surface area contributed by atoms with Gasteiger partial charge in [-0.2, -0.15) is 0 Å². The van der Waals surface area contributed by atoms with E-state index >= 15 is 0 Å². The molecule has 10 heteroatoms. The minimum Gasteiger partial charge on any atom is -1.00 e. The number of fused-ring (bicyclic) bond motifs is 10. The molecule has 0 heterocycles. The molecular formula is C54H95BNaO8. The fourth-order valence-corrected chi connectivity index (χ4v) is 17.9. The van der Waals surface area contributed by atoms with Crippen molar-refractivity contribution in [1.82, 2.24) is 0 Å². The zero-order valence-corrected chi connectivity index (χ0v) is 41.2. The van der Waals surface area contributed by atoms with E-state index in [4.69, 9.17) is 16.1 Å². The van der Waals surface area contributed by atoms with Crippen LogP contribution in [0.4, 0.5) is 0 Å². The minimum absolute atomic E-state index is 0. The largest absolute Gasteiger partial charge is 1.00 e. The quantitative estimate of drug-likeness (QED) is 0.137. The SMILES string of the molecule is C.C.[2H]C([C@H]1C(=O)C2C3CC[C@H]([C@H](C)CCC(=O)O)[C@@]3(C)CCC2[C@@]2(C)CC[C@@H](O)C[C@@H]12)C([2H])([2H])[2H].[2H]C([C@H]1[C@@H](O)C2C3CC[C@H]([C@H](C)CCC(=O)O)[C@@]3(C)CCC2[C@@]2(C)CC[C@@H](O)C[C@@H]12)C([2H])([2H])[2H].[B].[H-].[Na+]. The van der Waals surface area contributed by atoms with E-state index < -0.39 is 68.6 Å². The molecule has 23 atom stereocenters. The number of aliphatic carboxylic acids is 2. The molecule has 8 nitrogen and oxygen atoms in total. The second kappa shape index (κ2) is 22.1. The van der Waals surface area contributed by atoms with Gasteiger partial charge in [0.05, 0.1) is 18.3 Å². The molecular weight excluding hydrogens is 810 g/mol. The van der Waals surface area contributed by atoms with Crippen LogP contribution in [0.1, 0.15) is 211 Å². The van der Waals surface area contributed by atoms with Crippen molar-refractivity contribution < 1.29 is 81.9 Å². The molecule has 5 N–H and O–H groups in total. The number of carboxylic acid groups (broad SMARTS) is 2. The van der Waals surface area contributed by atoms with Gasteiger partial charge in [0.1, 0.15) is 5.78 Å². The van der Waals surface area contributed by atoms with Gasteiger partial charge in [-0.15, -0.1) is 0 Å². The smallest absolute Gasteiger partial charge is 1.00 e. The predicted octanol–water partition coefficient (Wildman–Crippen LogP) is 8.44. The van der Waals surface area contributed by atoms with Gasteiger partial charge in [-0.25, -0.2) is 0 Å². The fraction of sp³-hybridized carbons (Fsp3) is 0.944. The molecule has 0 aromatic carbocycles. The normalized spacial score (nSPS) is 50.4. The van der Waals surface area contributed by atoms with Crippen LogP contribution in [0.25, 0.3) is 0 Å². The summed E-state index contributed by atoms with van der Waals surface area (Å²) < 4.78 is 65.2. The topological polar surface area (TPSA) is 152 Å². The first-order chi connectivity index (χ1) is 31.4. The van der Waals surface area contributed by atoms with Gasteiger partial charge in [-0.3, -0.25) is 14.4 Å². The Labute approximate surface area is 427 Å². The van der Waals surface area contributed by atoms with Crippen LogP contribution in [0.5, 0.6) is 0 Å². The molecule has 8 aliphatic carbocycles. The Morgan fingerprint density at radius 1 is 0.656 bits per heavy atom. The van der Waals surface area contributed by atoms with Crippen LogP contribution in [-0.4, -0.2) is 70.0 Å². The third kappa shape index (κ3) is 9.83. The molecule has 0 bridgehead atoms. The number of aliphatic hydroxyl groups excluding tert-OH is 3. The van der Waals surface area contributed by atoms with Gasteiger partial charge in [-0.1, -0.05) is 76.5 Å². The summed E-state index contributed by atoms with van der Waals surface area (Å²) in [4.78, 5) is 36.5. The maximum atomic E-state index is 14.2. The van der Waals surface area contributed by atoms with E-state index in [9.17, 15) is 34.8 Å². The molecule has 0 spiro atoms. The van der Waals surface area contributed by atoms with E-state index in [2.05, 4.69) is 41.5 Å². The van der Waals surface area contributed by atoms with Crippen molar-refractivity contribution in [3.8, 4) is 0 Å². The molecule has 8 aliphatic rings. The van der Waals surface area contributed by atoms with Crippen LogP contribution >= 0.6 is 0 Å². The number of ketones is 1. The standard InChI is InChI=1S/C26H44O4.C26H42O4.2CH4.B.Na.H/c2*1-5-17-21-14-16(27)10-12-26(21,4)20-11-13-25(3)18(15(2)6-9-22(28)29)7-8-19(25)23(20)24(17)30;;;;;/h15-21,23-24,27,30H,5-14H2,1-4H3,(H,28,29);15-21,23,27H,5-14H2,1-4H3,(H,28,29);2*1H4;;;/q;;;;;+1;-1/t15-,16-,17-,18-,19?,20?,21+,23?,24-,25-,26-;15-,16-,17-,18-,19?,20?,21+,23?,25-,26-;;;;;/m11...../s1/i2*1D3,5D;;;;;/t5?,15-,16-,17-,18-,19?,20?,21+,23?,24-,25-,26-;5?,15-,16-,17-,18-,19?,20?,21+,23?,25-,26-;;;;;.